The summed E-state index contributed by atoms with van der Waals surface area (Å²) in [6.45, 7) is 11.2. The Labute approximate surface area is 267 Å². The van der Waals surface area contributed by atoms with E-state index in [1.807, 2.05) is 13.0 Å². The molecule has 1 atom stereocenters. The zero-order valence-corrected chi connectivity index (χ0v) is 27.9. The second-order valence-corrected chi connectivity index (χ2v) is 13.7. The Balaban J connectivity index is 1.70. The lowest BCUT2D eigenvalue weighted by molar-refractivity contribution is -0.122. The van der Waals surface area contributed by atoms with E-state index in [1.165, 1.54) is 17.3 Å². The molecule has 0 spiro atoms. The Morgan fingerprint density at radius 1 is 1.09 bits per heavy atom. The van der Waals surface area contributed by atoms with E-state index in [0.29, 0.717) is 39.7 Å². The van der Waals surface area contributed by atoms with Gasteiger partial charge in [-0.05, 0) is 68.1 Å². The number of piperidine rings is 1. The number of nitriles is 1. The number of pyridine rings is 1. The van der Waals surface area contributed by atoms with Gasteiger partial charge < -0.3 is 4.90 Å². The molecule has 2 fully saturated rings. The first-order valence-corrected chi connectivity index (χ1v) is 17.3. The Morgan fingerprint density at radius 3 is 2.42 bits per heavy atom. The van der Waals surface area contributed by atoms with E-state index in [0.717, 1.165) is 82.3 Å². The Hall–Kier alpha value is -2.89. The number of hydrogen-bond acceptors (Lipinski definition) is 6. The van der Waals surface area contributed by atoms with Crippen molar-refractivity contribution in [3.8, 4) is 6.07 Å². The number of carbonyl (C=O) groups is 1. The van der Waals surface area contributed by atoms with Crippen molar-refractivity contribution >= 4 is 46.1 Å². The molecule has 1 aromatic carbocycles. The van der Waals surface area contributed by atoms with E-state index in [-0.39, 0.29) is 17.0 Å². The van der Waals surface area contributed by atoms with Crippen LogP contribution in [0, 0.1) is 30.1 Å². The number of benzene rings is 1. The number of aromatic nitrogens is 1. The average molecular weight is 619 g/mol. The maximum absolute atomic E-state index is 13.7. The topological polar surface area (TPSA) is 69.3 Å². The first-order chi connectivity index (χ1) is 20.8. The number of nitrogens with zero attached hydrogens (tertiary/aromatic N) is 4. The third kappa shape index (κ3) is 7.80. The molecule has 1 unspecified atom stereocenters. The summed E-state index contributed by atoms with van der Waals surface area (Å²) in [5, 5.41) is 10.0. The normalized spacial score (nSPS) is 17.6. The minimum absolute atomic E-state index is 0.0679. The fourth-order valence-electron chi connectivity index (χ4n) is 6.27. The maximum atomic E-state index is 13.7. The molecular weight excluding hydrogens is 573 g/mol. The zero-order chi connectivity index (χ0) is 30.9. The SMILES string of the molecule is CCCCC(CC)CN1C(=O)C(=Cc2c(C)c(C#N)c(=O)n(CCCC)c2N2CCC(Cc3ccccc3)CC2)SC1=S. The molecule has 8 heteroatoms. The number of thioether (sulfide) groups is 1. The molecule has 3 heterocycles. The highest BCUT2D eigenvalue weighted by atomic mass is 32.2. The third-order valence-electron chi connectivity index (χ3n) is 9.00. The van der Waals surface area contributed by atoms with Crippen LogP contribution in [0.1, 0.15) is 94.4 Å². The predicted octanol–water partition coefficient (Wildman–Crippen LogP) is 7.71. The van der Waals surface area contributed by atoms with Crippen molar-refractivity contribution in [1.29, 1.82) is 5.26 Å². The largest absolute Gasteiger partial charge is 0.357 e. The Kier molecular flexibility index (Phi) is 12.1. The molecule has 0 saturated carbocycles. The van der Waals surface area contributed by atoms with Crippen LogP contribution in [-0.2, 0) is 17.8 Å². The van der Waals surface area contributed by atoms with Crippen LogP contribution >= 0.6 is 24.0 Å². The molecule has 1 amide bonds. The molecule has 0 bridgehead atoms. The van der Waals surface area contributed by atoms with Crippen LogP contribution in [0.2, 0.25) is 0 Å². The molecule has 2 saturated heterocycles. The molecule has 0 aliphatic carbocycles. The first kappa shape index (κ1) is 33.0. The van der Waals surface area contributed by atoms with Crippen molar-refractivity contribution in [2.75, 3.05) is 24.5 Å². The van der Waals surface area contributed by atoms with Gasteiger partial charge in [0.2, 0.25) is 0 Å². The maximum Gasteiger partial charge on any atom is 0.270 e. The second kappa shape index (κ2) is 15.7. The summed E-state index contributed by atoms with van der Waals surface area (Å²) < 4.78 is 2.39. The van der Waals surface area contributed by atoms with Crippen LogP contribution in [0.3, 0.4) is 0 Å². The van der Waals surface area contributed by atoms with Crippen molar-refractivity contribution in [2.24, 2.45) is 11.8 Å². The highest BCUT2D eigenvalue weighted by Gasteiger charge is 2.35. The Morgan fingerprint density at radius 2 is 1.79 bits per heavy atom. The standard InChI is InChI=1S/C35H46N4O2S2/c1-5-8-13-26(7-3)24-39-34(41)31(43-35(39)42)22-29-25(4)30(23-36)33(40)38(18-9-6-2)32(29)37-19-16-28(17-20-37)21-27-14-11-10-12-15-27/h10-12,14-15,22,26,28H,5-9,13,16-21,24H2,1-4H3. The molecule has 0 radical (unpaired) electrons. The van der Waals surface area contributed by atoms with Crippen LogP contribution in [0.5, 0.6) is 0 Å². The molecule has 2 aromatic rings. The molecule has 230 valence electrons. The number of amides is 1. The summed E-state index contributed by atoms with van der Waals surface area (Å²) in [6, 6.07) is 12.8. The quantitative estimate of drug-likeness (QED) is 0.169. The fraction of sp³-hybridized carbons (Fsp3) is 0.543. The smallest absolute Gasteiger partial charge is 0.270 e. The molecule has 43 heavy (non-hydrogen) atoms. The molecule has 1 aromatic heterocycles. The highest BCUT2D eigenvalue weighted by molar-refractivity contribution is 8.26. The number of hydrogen-bond donors (Lipinski definition) is 0. The number of unbranched alkanes of at least 4 members (excludes halogenated alkanes) is 2. The molecule has 6 nitrogen and oxygen atoms in total. The van der Waals surface area contributed by atoms with E-state index in [1.54, 1.807) is 9.47 Å². The van der Waals surface area contributed by atoms with Gasteiger partial charge in [0.25, 0.3) is 11.5 Å². The Bertz CT molecular complexity index is 1420. The van der Waals surface area contributed by atoms with Crippen molar-refractivity contribution in [3.63, 3.8) is 0 Å². The lowest BCUT2D eigenvalue weighted by atomic mass is 9.90. The van der Waals surface area contributed by atoms with Crippen LogP contribution in [0.15, 0.2) is 40.0 Å². The minimum Gasteiger partial charge on any atom is -0.357 e. The van der Waals surface area contributed by atoms with E-state index in [9.17, 15) is 14.9 Å². The van der Waals surface area contributed by atoms with Gasteiger partial charge in [-0.1, -0.05) is 101 Å². The lowest BCUT2D eigenvalue weighted by Gasteiger charge is -2.36. The van der Waals surface area contributed by atoms with Crippen molar-refractivity contribution in [1.82, 2.24) is 9.47 Å². The molecule has 0 N–H and O–H groups in total. The third-order valence-corrected chi connectivity index (χ3v) is 10.4. The number of anilines is 1. The van der Waals surface area contributed by atoms with Crippen LogP contribution in [-0.4, -0.2) is 39.3 Å². The van der Waals surface area contributed by atoms with Crippen molar-refractivity contribution in [2.45, 2.75) is 92.0 Å². The van der Waals surface area contributed by atoms with Crippen molar-refractivity contribution in [3.05, 3.63) is 67.8 Å². The van der Waals surface area contributed by atoms with Crippen LogP contribution < -0.4 is 10.5 Å². The zero-order valence-electron chi connectivity index (χ0n) is 26.2. The van der Waals surface area contributed by atoms with Gasteiger partial charge in [-0.15, -0.1) is 0 Å². The summed E-state index contributed by atoms with van der Waals surface area (Å²) in [7, 11) is 0. The van der Waals surface area contributed by atoms with E-state index >= 15 is 0 Å². The summed E-state index contributed by atoms with van der Waals surface area (Å²) in [4.78, 5) is 32.1. The average Bonchev–Trinajstić information content (AvgIpc) is 3.28. The van der Waals surface area contributed by atoms with E-state index in [2.05, 4.69) is 62.1 Å². The van der Waals surface area contributed by atoms with E-state index < -0.39 is 0 Å². The van der Waals surface area contributed by atoms with Gasteiger partial charge in [0.1, 0.15) is 21.8 Å². The highest BCUT2D eigenvalue weighted by Crippen LogP contribution is 2.38. The summed E-state index contributed by atoms with van der Waals surface area (Å²) >= 11 is 7.05. The van der Waals surface area contributed by atoms with Gasteiger partial charge in [-0.3, -0.25) is 19.1 Å². The van der Waals surface area contributed by atoms with Gasteiger partial charge in [0, 0.05) is 31.7 Å². The van der Waals surface area contributed by atoms with Gasteiger partial charge in [0.15, 0.2) is 0 Å². The minimum atomic E-state index is -0.235. The first-order valence-electron chi connectivity index (χ1n) is 16.0. The number of carbonyl (C=O) groups excluding carboxylic acids is 1. The summed E-state index contributed by atoms with van der Waals surface area (Å²) in [6.07, 6.45) is 11.1. The van der Waals surface area contributed by atoms with E-state index in [4.69, 9.17) is 12.2 Å². The number of thiocarbonyl (C=S) groups is 1. The summed E-state index contributed by atoms with van der Waals surface area (Å²) in [5.41, 5.74) is 2.72. The number of rotatable bonds is 13. The van der Waals surface area contributed by atoms with Crippen molar-refractivity contribution < 1.29 is 4.79 Å². The summed E-state index contributed by atoms with van der Waals surface area (Å²) in [5.74, 6) is 1.76. The van der Waals surface area contributed by atoms with Gasteiger partial charge >= 0.3 is 0 Å². The monoisotopic (exact) mass is 618 g/mol. The molecule has 4 rings (SSSR count). The molecular formula is C35H46N4O2S2. The second-order valence-electron chi connectivity index (χ2n) is 12.0. The van der Waals surface area contributed by atoms with Crippen LogP contribution in [0.4, 0.5) is 5.82 Å². The predicted molar refractivity (Wildman–Crippen MR) is 183 cm³/mol. The van der Waals surface area contributed by atoms with Crippen LogP contribution in [0.25, 0.3) is 6.08 Å². The van der Waals surface area contributed by atoms with Gasteiger partial charge in [-0.25, -0.2) is 0 Å². The van der Waals surface area contributed by atoms with Gasteiger partial charge in [0.05, 0.1) is 4.91 Å². The molecule has 2 aliphatic heterocycles. The fourth-order valence-corrected chi connectivity index (χ4v) is 7.53. The molecule has 2 aliphatic rings. The van der Waals surface area contributed by atoms with Gasteiger partial charge in [-0.2, -0.15) is 5.26 Å². The lowest BCUT2D eigenvalue weighted by Crippen LogP contribution is -2.40.